The lowest BCUT2D eigenvalue weighted by Gasteiger charge is -2.12. The molecular weight excluding hydrogens is 471 g/mol. The molecule has 3 aromatic heterocycles. The van der Waals surface area contributed by atoms with E-state index in [0.29, 0.717) is 51.3 Å². The van der Waals surface area contributed by atoms with Gasteiger partial charge in [0.05, 0.1) is 11.0 Å². The van der Waals surface area contributed by atoms with Gasteiger partial charge in [-0.15, -0.1) is 13.2 Å². The Bertz CT molecular complexity index is 1620. The average molecular weight is 496 g/mol. The number of unbranched alkanes of at least 4 members (excludes halogenated alkanes) is 3. The quantitative estimate of drug-likeness (QED) is 0.256. The van der Waals surface area contributed by atoms with Crippen LogP contribution in [0, 0.1) is 6.92 Å². The minimum Gasteiger partial charge on any atom is -0.406 e. The molecule has 0 amide bonds. The first-order valence-electron chi connectivity index (χ1n) is 11.8. The largest absolute Gasteiger partial charge is 0.573 e. The molecule has 0 fully saturated rings. The molecule has 5 rings (SSSR count). The lowest BCUT2D eigenvalue weighted by molar-refractivity contribution is -0.274. The SMILES string of the molecule is CCCCCCn1c(C)nc2c(c1=O)c1nc3ccccc3nc1n2-c1ccc(OC(F)(F)F)cc1. The van der Waals surface area contributed by atoms with Crippen LogP contribution in [0.4, 0.5) is 13.2 Å². The second kappa shape index (κ2) is 9.25. The van der Waals surface area contributed by atoms with Gasteiger partial charge < -0.3 is 4.74 Å². The first-order valence-corrected chi connectivity index (χ1v) is 11.8. The highest BCUT2D eigenvalue weighted by molar-refractivity contribution is 6.05. The van der Waals surface area contributed by atoms with E-state index in [1.165, 1.54) is 24.3 Å². The van der Waals surface area contributed by atoms with Crippen LogP contribution in [-0.2, 0) is 6.54 Å². The number of hydrogen-bond acceptors (Lipinski definition) is 5. The van der Waals surface area contributed by atoms with Gasteiger partial charge in [0.1, 0.15) is 22.5 Å². The summed E-state index contributed by atoms with van der Waals surface area (Å²) in [5.74, 6) is 0.205. The second-order valence-corrected chi connectivity index (χ2v) is 8.64. The van der Waals surface area contributed by atoms with Gasteiger partial charge in [-0.25, -0.2) is 15.0 Å². The number of nitrogens with zero attached hydrogens (tertiary/aromatic N) is 5. The smallest absolute Gasteiger partial charge is 0.406 e. The summed E-state index contributed by atoms with van der Waals surface area (Å²) in [7, 11) is 0. The van der Waals surface area contributed by atoms with Crippen LogP contribution >= 0.6 is 0 Å². The van der Waals surface area contributed by atoms with E-state index in [2.05, 4.69) is 11.7 Å². The molecule has 2 aromatic carbocycles. The van der Waals surface area contributed by atoms with E-state index in [4.69, 9.17) is 15.0 Å². The van der Waals surface area contributed by atoms with Crippen LogP contribution in [0.2, 0.25) is 0 Å². The Labute approximate surface area is 204 Å². The number of aromatic nitrogens is 5. The van der Waals surface area contributed by atoms with E-state index >= 15 is 0 Å². The third-order valence-corrected chi connectivity index (χ3v) is 6.12. The Morgan fingerprint density at radius 2 is 1.58 bits per heavy atom. The first kappa shape index (κ1) is 23.8. The maximum atomic E-state index is 13.7. The van der Waals surface area contributed by atoms with Crippen LogP contribution in [-0.4, -0.2) is 30.4 Å². The lowest BCUT2D eigenvalue weighted by Crippen LogP contribution is -2.24. The molecule has 7 nitrogen and oxygen atoms in total. The Kier molecular flexibility index (Phi) is 6.11. The van der Waals surface area contributed by atoms with Crippen molar-refractivity contribution in [3.05, 3.63) is 64.7 Å². The summed E-state index contributed by atoms with van der Waals surface area (Å²) in [6, 6.07) is 12.7. The van der Waals surface area contributed by atoms with Crippen LogP contribution in [0.25, 0.3) is 38.9 Å². The van der Waals surface area contributed by atoms with Crippen molar-refractivity contribution < 1.29 is 17.9 Å². The monoisotopic (exact) mass is 495 g/mol. The van der Waals surface area contributed by atoms with Crippen molar-refractivity contribution in [3.63, 3.8) is 0 Å². The van der Waals surface area contributed by atoms with Gasteiger partial charge in [-0.2, -0.15) is 0 Å². The van der Waals surface area contributed by atoms with Gasteiger partial charge >= 0.3 is 6.36 Å². The molecule has 0 bridgehead atoms. The minimum atomic E-state index is -4.79. The van der Waals surface area contributed by atoms with Crippen molar-refractivity contribution in [3.8, 4) is 11.4 Å². The van der Waals surface area contributed by atoms with E-state index in [0.717, 1.165) is 25.7 Å². The summed E-state index contributed by atoms with van der Waals surface area (Å²) in [6.07, 6.45) is -0.739. The summed E-state index contributed by atoms with van der Waals surface area (Å²) in [5, 5.41) is 0.333. The molecule has 3 heterocycles. The zero-order valence-electron chi connectivity index (χ0n) is 19.8. The van der Waals surface area contributed by atoms with Crippen molar-refractivity contribution in [1.29, 1.82) is 0 Å². The molecule has 10 heteroatoms. The molecule has 0 spiro atoms. The van der Waals surface area contributed by atoms with Gasteiger partial charge in [-0.05, 0) is 49.7 Å². The Morgan fingerprint density at radius 1 is 0.889 bits per heavy atom. The van der Waals surface area contributed by atoms with Gasteiger partial charge in [-0.1, -0.05) is 38.3 Å². The number of alkyl halides is 3. The molecule has 0 N–H and O–H groups in total. The highest BCUT2D eigenvalue weighted by Crippen LogP contribution is 2.30. The minimum absolute atomic E-state index is 0.209. The van der Waals surface area contributed by atoms with Gasteiger partial charge in [0.2, 0.25) is 0 Å². The number of benzene rings is 2. The predicted octanol–water partition coefficient (Wildman–Crippen LogP) is 6.07. The van der Waals surface area contributed by atoms with Gasteiger partial charge in [-0.3, -0.25) is 13.9 Å². The normalized spacial score (nSPS) is 12.1. The van der Waals surface area contributed by atoms with Crippen LogP contribution in [0.3, 0.4) is 0 Å². The van der Waals surface area contributed by atoms with E-state index < -0.39 is 6.36 Å². The van der Waals surface area contributed by atoms with Gasteiger partial charge in [0.25, 0.3) is 5.56 Å². The zero-order valence-corrected chi connectivity index (χ0v) is 19.8. The van der Waals surface area contributed by atoms with Crippen molar-refractivity contribution in [2.24, 2.45) is 0 Å². The summed E-state index contributed by atoms with van der Waals surface area (Å²) in [6.45, 7) is 4.45. The number of ether oxygens (including phenoxy) is 1. The molecule has 0 saturated heterocycles. The van der Waals surface area contributed by atoms with Crippen LogP contribution in [0.15, 0.2) is 53.3 Å². The van der Waals surface area contributed by atoms with Gasteiger partial charge in [0, 0.05) is 12.2 Å². The molecule has 0 aliphatic carbocycles. The fourth-order valence-corrected chi connectivity index (χ4v) is 4.43. The summed E-state index contributed by atoms with van der Waals surface area (Å²) in [4.78, 5) is 28.0. The number of hydrogen-bond donors (Lipinski definition) is 0. The highest BCUT2D eigenvalue weighted by atomic mass is 19.4. The summed E-state index contributed by atoms with van der Waals surface area (Å²) in [5.41, 5.74) is 2.70. The topological polar surface area (TPSA) is 74.8 Å². The maximum Gasteiger partial charge on any atom is 0.573 e. The number of halogens is 3. The third-order valence-electron chi connectivity index (χ3n) is 6.12. The fraction of sp³-hybridized carbons (Fsp3) is 0.308. The molecule has 0 aliphatic heterocycles. The first-order chi connectivity index (χ1) is 17.3. The molecule has 0 unspecified atom stereocenters. The summed E-state index contributed by atoms with van der Waals surface area (Å²) < 4.78 is 45.3. The van der Waals surface area contributed by atoms with Crippen molar-refractivity contribution in [2.75, 3.05) is 0 Å². The number of rotatable bonds is 7. The molecule has 5 aromatic rings. The van der Waals surface area contributed by atoms with Crippen LogP contribution < -0.4 is 10.3 Å². The lowest BCUT2D eigenvalue weighted by atomic mass is 10.2. The average Bonchev–Trinajstić information content (AvgIpc) is 3.14. The van der Waals surface area contributed by atoms with E-state index in [9.17, 15) is 18.0 Å². The Morgan fingerprint density at radius 3 is 2.25 bits per heavy atom. The fourth-order valence-electron chi connectivity index (χ4n) is 4.43. The van der Waals surface area contributed by atoms with E-state index in [1.807, 2.05) is 24.3 Å². The highest BCUT2D eigenvalue weighted by Gasteiger charge is 2.31. The number of fused-ring (bicyclic) bond motifs is 4. The summed E-state index contributed by atoms with van der Waals surface area (Å²) >= 11 is 0. The van der Waals surface area contributed by atoms with E-state index in [1.54, 1.807) is 16.1 Å². The maximum absolute atomic E-state index is 13.7. The molecule has 36 heavy (non-hydrogen) atoms. The van der Waals surface area contributed by atoms with Crippen molar-refractivity contribution >= 4 is 33.2 Å². The van der Waals surface area contributed by atoms with E-state index in [-0.39, 0.29) is 11.3 Å². The van der Waals surface area contributed by atoms with Crippen molar-refractivity contribution in [1.82, 2.24) is 24.1 Å². The third kappa shape index (κ3) is 4.38. The number of para-hydroxylation sites is 2. The number of aryl methyl sites for hydroxylation is 1. The Balaban J connectivity index is 1.74. The standard InChI is InChI=1S/C26H24F3N5O2/c1-3-4-5-8-15-33-16(2)30-23-21(25(33)35)22-24(32-20-10-7-6-9-19(20)31-22)34(23)17-11-13-18(14-12-17)36-26(27,28)29/h6-7,9-14H,3-5,8,15H2,1-2H3. The van der Waals surface area contributed by atoms with Crippen molar-refractivity contribution in [2.45, 2.75) is 52.4 Å². The Hall–Kier alpha value is -3.95. The molecule has 186 valence electrons. The van der Waals surface area contributed by atoms with Gasteiger partial charge in [0.15, 0.2) is 11.3 Å². The predicted molar refractivity (Wildman–Crippen MR) is 131 cm³/mol. The molecule has 0 saturated carbocycles. The van der Waals surface area contributed by atoms with Crippen LogP contribution in [0.5, 0.6) is 5.75 Å². The second-order valence-electron chi connectivity index (χ2n) is 8.64. The zero-order chi connectivity index (χ0) is 25.4. The van der Waals surface area contributed by atoms with Crippen LogP contribution in [0.1, 0.15) is 38.4 Å². The molecule has 0 aliphatic rings. The molecular formula is C26H24F3N5O2. The molecule has 0 atom stereocenters. The molecule has 0 radical (unpaired) electrons.